The van der Waals surface area contributed by atoms with Crippen LogP contribution < -0.4 is 0 Å². The van der Waals surface area contributed by atoms with Crippen molar-refractivity contribution in [3.05, 3.63) is 0 Å². The number of halogens is 2. The second-order valence-corrected chi connectivity index (χ2v) is 9.33. The minimum atomic E-state index is -2.58. The average Bonchev–Trinajstić information content (AvgIpc) is 2.72. The van der Waals surface area contributed by atoms with Gasteiger partial charge in [-0.05, 0) is 64.2 Å². The van der Waals surface area contributed by atoms with Crippen LogP contribution in [-0.2, 0) is 4.79 Å². The van der Waals surface area contributed by atoms with Crippen molar-refractivity contribution in [2.24, 2.45) is 17.3 Å². The highest BCUT2D eigenvalue weighted by Gasteiger charge is 2.57. The molecule has 0 bridgehead atoms. The Morgan fingerprint density at radius 3 is 1.97 bits per heavy atom. The smallest absolute Gasteiger partial charge is 0.266 e. The topological polar surface area (TPSA) is 26.8 Å². The summed E-state index contributed by atoms with van der Waals surface area (Å²) in [5, 5.41) is 0. The Hall–Kier alpha value is -0.750. The van der Waals surface area contributed by atoms with Crippen LogP contribution in [0.5, 0.6) is 0 Å². The van der Waals surface area contributed by atoms with Crippen LogP contribution >= 0.6 is 0 Å². The number of piperidine rings is 3. The van der Waals surface area contributed by atoms with E-state index in [0.717, 1.165) is 58.7 Å². The third-order valence-electron chi connectivity index (χ3n) is 7.30. The molecule has 6 heteroatoms. The van der Waals surface area contributed by atoms with Gasteiger partial charge in [0.15, 0.2) is 0 Å². The van der Waals surface area contributed by atoms with Gasteiger partial charge in [0.2, 0.25) is 5.91 Å². The lowest BCUT2D eigenvalue weighted by molar-refractivity contribution is -0.189. The van der Waals surface area contributed by atoms with Crippen LogP contribution in [0.25, 0.3) is 0 Å². The van der Waals surface area contributed by atoms with Gasteiger partial charge in [-0.25, -0.2) is 8.78 Å². The lowest BCUT2D eigenvalue weighted by Gasteiger charge is -2.51. The standard InChI is InChI=1S/C21H37F2N3O.C2H6/c1-4-24-12-7-20(8-13-24)9-14-25(16-21(20,22)23)15-18-5-10-26(11-6-18)19(27)17(2)3;1-2/h17-18H,4-16H2,1-3H3;1-2H3. The normalized spacial score (nSPS) is 25.7. The fourth-order valence-corrected chi connectivity index (χ4v) is 5.22. The fraction of sp³-hybridized carbons (Fsp3) is 0.957. The van der Waals surface area contributed by atoms with E-state index in [-0.39, 0.29) is 18.4 Å². The van der Waals surface area contributed by atoms with Crippen molar-refractivity contribution in [1.82, 2.24) is 14.7 Å². The summed E-state index contributed by atoms with van der Waals surface area (Å²) in [5.41, 5.74) is -0.776. The van der Waals surface area contributed by atoms with Gasteiger partial charge in [-0.3, -0.25) is 9.69 Å². The van der Waals surface area contributed by atoms with Crippen molar-refractivity contribution < 1.29 is 13.6 Å². The second-order valence-electron chi connectivity index (χ2n) is 9.33. The summed E-state index contributed by atoms with van der Waals surface area (Å²) >= 11 is 0. The average molecular weight is 416 g/mol. The number of likely N-dealkylation sites (tertiary alicyclic amines) is 3. The number of alkyl halides is 2. The minimum absolute atomic E-state index is 0.0395. The van der Waals surface area contributed by atoms with Crippen molar-refractivity contribution in [2.75, 3.05) is 52.4 Å². The molecule has 0 atom stereocenters. The lowest BCUT2D eigenvalue weighted by atomic mass is 9.68. The molecule has 0 aromatic carbocycles. The Labute approximate surface area is 177 Å². The predicted molar refractivity (Wildman–Crippen MR) is 115 cm³/mol. The zero-order chi connectivity index (χ0) is 21.7. The molecule has 29 heavy (non-hydrogen) atoms. The molecule has 3 rings (SSSR count). The Bertz CT molecular complexity index is 510. The molecule has 3 aliphatic heterocycles. The molecule has 0 N–H and O–H groups in total. The molecule has 0 radical (unpaired) electrons. The molecule has 3 aliphatic rings. The molecule has 4 nitrogen and oxygen atoms in total. The van der Waals surface area contributed by atoms with E-state index < -0.39 is 11.3 Å². The molecule has 0 aromatic heterocycles. The van der Waals surface area contributed by atoms with Crippen molar-refractivity contribution in [3.8, 4) is 0 Å². The molecule has 0 unspecified atom stereocenters. The summed E-state index contributed by atoms with van der Waals surface area (Å²) in [5.74, 6) is -1.89. The first-order valence-electron chi connectivity index (χ1n) is 11.9. The number of amides is 1. The molecule has 3 heterocycles. The van der Waals surface area contributed by atoms with Gasteiger partial charge in [-0.1, -0.05) is 34.6 Å². The van der Waals surface area contributed by atoms with Gasteiger partial charge in [-0.15, -0.1) is 0 Å². The largest absolute Gasteiger partial charge is 0.342 e. The van der Waals surface area contributed by atoms with Gasteiger partial charge in [0.1, 0.15) is 0 Å². The summed E-state index contributed by atoms with van der Waals surface area (Å²) in [4.78, 5) is 18.3. The summed E-state index contributed by atoms with van der Waals surface area (Å²) < 4.78 is 30.2. The maximum absolute atomic E-state index is 15.1. The van der Waals surface area contributed by atoms with Crippen LogP contribution in [0.4, 0.5) is 8.78 Å². The summed E-state index contributed by atoms with van der Waals surface area (Å²) in [6.07, 6.45) is 3.78. The summed E-state index contributed by atoms with van der Waals surface area (Å²) in [6, 6.07) is 0. The van der Waals surface area contributed by atoms with Crippen molar-refractivity contribution in [1.29, 1.82) is 0 Å². The van der Waals surface area contributed by atoms with Gasteiger partial charge >= 0.3 is 0 Å². The maximum atomic E-state index is 15.1. The highest BCUT2D eigenvalue weighted by molar-refractivity contribution is 5.78. The minimum Gasteiger partial charge on any atom is -0.342 e. The molecule has 3 fully saturated rings. The van der Waals surface area contributed by atoms with Crippen LogP contribution in [0.1, 0.15) is 66.7 Å². The maximum Gasteiger partial charge on any atom is 0.266 e. The van der Waals surface area contributed by atoms with Gasteiger partial charge in [-0.2, -0.15) is 0 Å². The molecular formula is C23H43F2N3O. The first-order valence-corrected chi connectivity index (χ1v) is 11.9. The number of carbonyl (C=O) groups excluding carboxylic acids is 1. The van der Waals surface area contributed by atoms with E-state index in [2.05, 4.69) is 11.8 Å². The van der Waals surface area contributed by atoms with Crippen LogP contribution in [0.2, 0.25) is 0 Å². The quantitative estimate of drug-likeness (QED) is 0.683. The fourth-order valence-electron chi connectivity index (χ4n) is 5.22. The molecule has 0 aliphatic carbocycles. The number of hydrogen-bond acceptors (Lipinski definition) is 3. The highest BCUT2D eigenvalue weighted by Crippen LogP contribution is 2.50. The second kappa shape index (κ2) is 10.5. The van der Waals surface area contributed by atoms with E-state index in [9.17, 15) is 4.79 Å². The van der Waals surface area contributed by atoms with E-state index in [4.69, 9.17) is 0 Å². The molecule has 0 aromatic rings. The van der Waals surface area contributed by atoms with Gasteiger partial charge in [0, 0.05) is 31.0 Å². The Kier molecular flexibility index (Phi) is 8.89. The van der Waals surface area contributed by atoms with Crippen LogP contribution in [0, 0.1) is 17.3 Å². The highest BCUT2D eigenvalue weighted by atomic mass is 19.3. The third kappa shape index (κ3) is 5.69. The van der Waals surface area contributed by atoms with Crippen LogP contribution in [0.3, 0.4) is 0 Å². The van der Waals surface area contributed by atoms with E-state index >= 15 is 8.78 Å². The Balaban J connectivity index is 0.00000145. The number of carbonyl (C=O) groups is 1. The van der Waals surface area contributed by atoms with Gasteiger partial charge < -0.3 is 9.80 Å². The van der Waals surface area contributed by atoms with E-state index in [0.29, 0.717) is 25.2 Å². The number of nitrogens with zero attached hydrogens (tertiary/aromatic N) is 3. The first kappa shape index (κ1) is 24.5. The first-order chi connectivity index (χ1) is 13.8. The molecule has 0 saturated carbocycles. The molecule has 1 spiro atoms. The van der Waals surface area contributed by atoms with E-state index in [1.807, 2.05) is 37.5 Å². The van der Waals surface area contributed by atoms with Crippen molar-refractivity contribution in [3.63, 3.8) is 0 Å². The number of rotatable bonds is 4. The van der Waals surface area contributed by atoms with Gasteiger partial charge in [0.05, 0.1) is 6.54 Å². The van der Waals surface area contributed by atoms with Crippen molar-refractivity contribution >= 4 is 5.91 Å². The monoisotopic (exact) mass is 415 g/mol. The molecule has 170 valence electrons. The van der Waals surface area contributed by atoms with Crippen molar-refractivity contribution in [2.45, 2.75) is 72.6 Å². The zero-order valence-corrected chi connectivity index (χ0v) is 19.4. The molecule has 3 saturated heterocycles. The van der Waals surface area contributed by atoms with Crippen LogP contribution in [-0.4, -0.2) is 78.9 Å². The Morgan fingerprint density at radius 1 is 0.966 bits per heavy atom. The molecule has 1 amide bonds. The number of hydrogen-bond donors (Lipinski definition) is 0. The van der Waals surface area contributed by atoms with Crippen LogP contribution in [0.15, 0.2) is 0 Å². The Morgan fingerprint density at radius 2 is 1.48 bits per heavy atom. The predicted octanol–water partition coefficient (Wildman–Crippen LogP) is 4.35. The van der Waals surface area contributed by atoms with Gasteiger partial charge in [0.25, 0.3) is 5.92 Å². The summed E-state index contributed by atoms with van der Waals surface area (Å²) in [6.45, 7) is 15.6. The summed E-state index contributed by atoms with van der Waals surface area (Å²) in [7, 11) is 0. The SMILES string of the molecule is CC.CCN1CCC2(CC1)CCN(CC1CCN(C(=O)C(C)C)CC1)CC2(F)F. The zero-order valence-electron chi connectivity index (χ0n) is 19.4. The van der Waals surface area contributed by atoms with E-state index in [1.165, 1.54) is 0 Å². The third-order valence-corrected chi connectivity index (χ3v) is 7.30. The van der Waals surface area contributed by atoms with E-state index in [1.54, 1.807) is 0 Å². The molecular weight excluding hydrogens is 372 g/mol. The lowest BCUT2D eigenvalue weighted by Crippen LogP contribution is -2.59.